The van der Waals surface area contributed by atoms with Crippen LogP contribution in [0.5, 0.6) is 0 Å². The van der Waals surface area contributed by atoms with Crippen molar-refractivity contribution >= 4 is 17.3 Å². The molecule has 17 heavy (non-hydrogen) atoms. The van der Waals surface area contributed by atoms with E-state index in [1.54, 1.807) is 0 Å². The molecule has 0 spiro atoms. The van der Waals surface area contributed by atoms with E-state index in [1.165, 1.54) is 29.7 Å². The molecule has 0 saturated carbocycles. The van der Waals surface area contributed by atoms with Crippen molar-refractivity contribution in [2.75, 3.05) is 20.1 Å². The molecule has 1 aliphatic rings. The summed E-state index contributed by atoms with van der Waals surface area (Å²) in [5.74, 6) is 1.20. The minimum absolute atomic E-state index is 0.527. The monoisotopic (exact) mass is 251 g/mol. The molecule has 0 aliphatic carbocycles. The minimum Gasteiger partial charge on any atom is -0.370 e. The standard InChI is InChI=1S/C13H21N3S/c1-3-4-5-10-6-7-17-12(10)11-8-15-13(14)16(2)9-11/h6-7,11H,3-5,8-9H2,1-2H3,(H2,14,15). The van der Waals surface area contributed by atoms with E-state index in [4.69, 9.17) is 5.73 Å². The van der Waals surface area contributed by atoms with Gasteiger partial charge in [-0.1, -0.05) is 13.3 Å². The lowest BCUT2D eigenvalue weighted by Gasteiger charge is -2.28. The number of hydrogen-bond donors (Lipinski definition) is 1. The van der Waals surface area contributed by atoms with Crippen molar-refractivity contribution in [2.24, 2.45) is 10.7 Å². The van der Waals surface area contributed by atoms with Crippen molar-refractivity contribution in [1.82, 2.24) is 4.90 Å². The summed E-state index contributed by atoms with van der Waals surface area (Å²) in [4.78, 5) is 7.97. The second kappa shape index (κ2) is 5.54. The van der Waals surface area contributed by atoms with Gasteiger partial charge in [0.1, 0.15) is 0 Å². The molecule has 2 N–H and O–H groups in total. The first kappa shape index (κ1) is 12.4. The van der Waals surface area contributed by atoms with Crippen LogP contribution in [-0.2, 0) is 6.42 Å². The Kier molecular flexibility index (Phi) is 4.05. The van der Waals surface area contributed by atoms with Gasteiger partial charge in [0.05, 0.1) is 6.54 Å². The van der Waals surface area contributed by atoms with Crippen LogP contribution in [0.3, 0.4) is 0 Å². The van der Waals surface area contributed by atoms with Crippen molar-refractivity contribution in [3.63, 3.8) is 0 Å². The first-order valence-corrected chi connectivity index (χ1v) is 7.17. The fraction of sp³-hybridized carbons (Fsp3) is 0.615. The summed E-state index contributed by atoms with van der Waals surface area (Å²) in [6, 6.07) is 2.28. The maximum Gasteiger partial charge on any atom is 0.191 e. The van der Waals surface area contributed by atoms with E-state index in [9.17, 15) is 0 Å². The average molecular weight is 251 g/mol. The van der Waals surface area contributed by atoms with E-state index in [-0.39, 0.29) is 0 Å². The Balaban J connectivity index is 2.10. The van der Waals surface area contributed by atoms with Gasteiger partial charge < -0.3 is 10.6 Å². The van der Waals surface area contributed by atoms with Gasteiger partial charge in [0.2, 0.25) is 0 Å². The van der Waals surface area contributed by atoms with Crippen molar-refractivity contribution in [2.45, 2.75) is 32.1 Å². The summed E-state index contributed by atoms with van der Waals surface area (Å²) >= 11 is 1.87. The van der Waals surface area contributed by atoms with Crippen LogP contribution in [0.1, 0.15) is 36.1 Å². The van der Waals surface area contributed by atoms with Crippen LogP contribution in [0.4, 0.5) is 0 Å². The zero-order chi connectivity index (χ0) is 12.3. The SMILES string of the molecule is CCCCc1ccsc1C1CN=C(N)N(C)C1. The quantitative estimate of drug-likeness (QED) is 0.893. The fourth-order valence-corrected chi connectivity index (χ4v) is 3.29. The Morgan fingerprint density at radius 3 is 3.12 bits per heavy atom. The highest BCUT2D eigenvalue weighted by atomic mass is 32.1. The predicted molar refractivity (Wildman–Crippen MR) is 74.8 cm³/mol. The fourth-order valence-electron chi connectivity index (χ4n) is 2.25. The van der Waals surface area contributed by atoms with Gasteiger partial charge in [-0.15, -0.1) is 11.3 Å². The molecule has 2 heterocycles. The molecule has 1 atom stereocenters. The number of likely N-dealkylation sites (N-methyl/N-ethyl adjacent to an activating group) is 1. The Morgan fingerprint density at radius 2 is 2.41 bits per heavy atom. The van der Waals surface area contributed by atoms with Crippen LogP contribution in [0.15, 0.2) is 16.4 Å². The van der Waals surface area contributed by atoms with E-state index in [0.29, 0.717) is 11.9 Å². The smallest absolute Gasteiger partial charge is 0.191 e. The molecule has 0 fully saturated rings. The molecule has 1 aromatic rings. The number of thiophene rings is 1. The summed E-state index contributed by atoms with van der Waals surface area (Å²) in [5.41, 5.74) is 7.31. The topological polar surface area (TPSA) is 41.6 Å². The highest BCUT2D eigenvalue weighted by Gasteiger charge is 2.22. The van der Waals surface area contributed by atoms with Gasteiger partial charge in [-0.2, -0.15) is 0 Å². The lowest BCUT2D eigenvalue weighted by molar-refractivity contribution is 0.424. The molecular weight excluding hydrogens is 230 g/mol. The van der Waals surface area contributed by atoms with Crippen LogP contribution >= 0.6 is 11.3 Å². The van der Waals surface area contributed by atoms with Gasteiger partial charge in [-0.25, -0.2) is 0 Å². The van der Waals surface area contributed by atoms with Gasteiger partial charge in [0.15, 0.2) is 5.96 Å². The van der Waals surface area contributed by atoms with Crippen molar-refractivity contribution in [1.29, 1.82) is 0 Å². The first-order valence-electron chi connectivity index (χ1n) is 6.29. The number of guanidine groups is 1. The maximum atomic E-state index is 5.79. The van der Waals surface area contributed by atoms with Crippen LogP contribution < -0.4 is 5.73 Å². The lowest BCUT2D eigenvalue weighted by Crippen LogP contribution is -2.41. The second-order valence-electron chi connectivity index (χ2n) is 4.69. The summed E-state index contributed by atoms with van der Waals surface area (Å²) in [5, 5.41) is 2.21. The number of unbranched alkanes of at least 4 members (excludes halogenated alkanes) is 1. The van der Waals surface area contributed by atoms with E-state index in [2.05, 4.69) is 28.3 Å². The van der Waals surface area contributed by atoms with Crippen molar-refractivity contribution < 1.29 is 0 Å². The van der Waals surface area contributed by atoms with Gasteiger partial charge >= 0.3 is 0 Å². The molecule has 1 aliphatic heterocycles. The van der Waals surface area contributed by atoms with E-state index < -0.39 is 0 Å². The van der Waals surface area contributed by atoms with Gasteiger partial charge in [-0.05, 0) is 29.9 Å². The Morgan fingerprint density at radius 1 is 1.59 bits per heavy atom. The zero-order valence-electron chi connectivity index (χ0n) is 10.6. The highest BCUT2D eigenvalue weighted by Crippen LogP contribution is 2.29. The third kappa shape index (κ3) is 2.80. The molecule has 1 unspecified atom stereocenters. The molecule has 94 valence electrons. The molecule has 0 saturated heterocycles. The van der Waals surface area contributed by atoms with Crippen molar-refractivity contribution in [3.8, 4) is 0 Å². The minimum atomic E-state index is 0.527. The maximum absolute atomic E-state index is 5.79. The summed E-state index contributed by atoms with van der Waals surface area (Å²) in [6.45, 7) is 4.08. The molecule has 1 aromatic heterocycles. The van der Waals surface area contributed by atoms with Crippen molar-refractivity contribution in [3.05, 3.63) is 21.9 Å². The van der Waals surface area contributed by atoms with Crippen LogP contribution in [0, 0.1) is 0 Å². The number of nitrogens with two attached hydrogens (primary N) is 1. The Bertz CT molecular complexity index is 397. The summed E-state index contributed by atoms with van der Waals surface area (Å²) in [6.07, 6.45) is 3.73. The second-order valence-corrected chi connectivity index (χ2v) is 5.64. The zero-order valence-corrected chi connectivity index (χ0v) is 11.5. The highest BCUT2D eigenvalue weighted by molar-refractivity contribution is 7.10. The van der Waals surface area contributed by atoms with E-state index in [0.717, 1.165) is 13.1 Å². The largest absolute Gasteiger partial charge is 0.370 e. The molecular formula is C13H21N3S. The third-order valence-electron chi connectivity index (χ3n) is 3.31. The van der Waals surface area contributed by atoms with Gasteiger partial charge in [-0.3, -0.25) is 4.99 Å². The third-order valence-corrected chi connectivity index (χ3v) is 4.43. The van der Waals surface area contributed by atoms with Gasteiger partial charge in [0, 0.05) is 24.4 Å². The summed E-state index contributed by atoms with van der Waals surface area (Å²) in [7, 11) is 2.02. The number of aryl methyl sites for hydroxylation is 1. The van der Waals surface area contributed by atoms with Gasteiger partial charge in [0.25, 0.3) is 0 Å². The molecule has 0 bridgehead atoms. The summed E-state index contributed by atoms with van der Waals surface area (Å²) < 4.78 is 0. The molecule has 2 rings (SSSR count). The molecule has 3 nitrogen and oxygen atoms in total. The molecule has 0 aromatic carbocycles. The predicted octanol–water partition coefficient (Wildman–Crippen LogP) is 2.43. The Labute approximate surface area is 107 Å². The normalized spacial score (nSPS) is 20.5. The number of rotatable bonds is 4. The Hall–Kier alpha value is -1.03. The first-order chi connectivity index (χ1) is 8.22. The molecule has 4 heteroatoms. The van der Waals surface area contributed by atoms with Crippen LogP contribution in [0.25, 0.3) is 0 Å². The molecule has 0 amide bonds. The lowest BCUT2D eigenvalue weighted by atomic mass is 9.99. The number of nitrogens with zero attached hydrogens (tertiary/aromatic N) is 2. The molecule has 0 radical (unpaired) electrons. The number of hydrogen-bond acceptors (Lipinski definition) is 4. The number of aliphatic imine (C=N–C) groups is 1. The average Bonchev–Trinajstić information content (AvgIpc) is 2.78. The van der Waals surface area contributed by atoms with E-state index in [1.807, 2.05) is 18.4 Å². The van der Waals surface area contributed by atoms with Crippen LogP contribution in [0.2, 0.25) is 0 Å². The van der Waals surface area contributed by atoms with E-state index >= 15 is 0 Å². The van der Waals surface area contributed by atoms with Crippen LogP contribution in [-0.4, -0.2) is 31.0 Å².